The van der Waals surface area contributed by atoms with Crippen LogP contribution in [0.15, 0.2) is 54.6 Å². The van der Waals surface area contributed by atoms with Gasteiger partial charge in [-0.1, -0.05) is 55.0 Å². The molecule has 0 saturated carbocycles. The van der Waals surface area contributed by atoms with Crippen molar-refractivity contribution >= 4 is 11.7 Å². The highest BCUT2D eigenvalue weighted by Gasteiger charge is 2.26. The zero-order valence-corrected chi connectivity index (χ0v) is 18.9. The van der Waals surface area contributed by atoms with E-state index in [1.54, 1.807) is 0 Å². The number of aryl methyl sites for hydroxylation is 2. The summed E-state index contributed by atoms with van der Waals surface area (Å²) in [7, 11) is 6.00. The third-order valence-electron chi connectivity index (χ3n) is 5.59. The van der Waals surface area contributed by atoms with Crippen molar-refractivity contribution in [3.63, 3.8) is 0 Å². The number of carbonyl (C=O) groups excluding carboxylic acids is 1. The Bertz CT molecular complexity index is 990. The SMILES string of the molecule is CC[C@@H](C)N(Cc1c(-c2ccccc2)nn(C)c1N(C)C)C(=O)c1ccc(C)cc1. The van der Waals surface area contributed by atoms with Crippen LogP contribution in [0.1, 0.15) is 41.8 Å². The molecule has 3 aromatic rings. The lowest BCUT2D eigenvalue weighted by Crippen LogP contribution is -2.38. The third-order valence-corrected chi connectivity index (χ3v) is 5.59. The van der Waals surface area contributed by atoms with E-state index >= 15 is 0 Å². The van der Waals surface area contributed by atoms with E-state index < -0.39 is 0 Å². The smallest absolute Gasteiger partial charge is 0.254 e. The molecule has 158 valence electrons. The van der Waals surface area contributed by atoms with Crippen LogP contribution in [0.4, 0.5) is 5.82 Å². The number of rotatable bonds is 7. The molecule has 30 heavy (non-hydrogen) atoms. The van der Waals surface area contributed by atoms with Crippen molar-refractivity contribution in [1.82, 2.24) is 14.7 Å². The number of nitrogens with zero attached hydrogens (tertiary/aromatic N) is 4. The molecule has 1 atom stereocenters. The molecule has 0 aliphatic heterocycles. The Balaban J connectivity index is 2.08. The maximum absolute atomic E-state index is 13.5. The van der Waals surface area contributed by atoms with Gasteiger partial charge in [-0.15, -0.1) is 0 Å². The van der Waals surface area contributed by atoms with Gasteiger partial charge in [0.1, 0.15) is 5.82 Å². The molecule has 0 bridgehead atoms. The Morgan fingerprint density at radius 1 is 1.07 bits per heavy atom. The van der Waals surface area contributed by atoms with Crippen LogP contribution in [0, 0.1) is 6.92 Å². The van der Waals surface area contributed by atoms with Gasteiger partial charge in [0, 0.05) is 43.9 Å². The normalized spacial score (nSPS) is 11.9. The van der Waals surface area contributed by atoms with Crippen molar-refractivity contribution in [3.05, 3.63) is 71.3 Å². The lowest BCUT2D eigenvalue weighted by atomic mass is 10.0. The number of amides is 1. The van der Waals surface area contributed by atoms with Crippen LogP contribution in [0.3, 0.4) is 0 Å². The predicted octanol–water partition coefficient (Wildman–Crippen LogP) is 4.90. The van der Waals surface area contributed by atoms with Gasteiger partial charge in [-0.05, 0) is 32.4 Å². The lowest BCUT2D eigenvalue weighted by molar-refractivity contribution is 0.0672. The molecule has 0 saturated heterocycles. The van der Waals surface area contributed by atoms with E-state index in [0.29, 0.717) is 6.54 Å². The molecule has 5 nitrogen and oxygen atoms in total. The molecular weight excluding hydrogens is 372 g/mol. The van der Waals surface area contributed by atoms with E-state index in [1.807, 2.05) is 80.1 Å². The summed E-state index contributed by atoms with van der Waals surface area (Å²) in [6, 6.07) is 18.1. The van der Waals surface area contributed by atoms with Gasteiger partial charge in [-0.25, -0.2) is 0 Å². The van der Waals surface area contributed by atoms with E-state index in [2.05, 4.69) is 30.9 Å². The summed E-state index contributed by atoms with van der Waals surface area (Å²) >= 11 is 0. The summed E-state index contributed by atoms with van der Waals surface area (Å²) < 4.78 is 1.91. The predicted molar refractivity (Wildman–Crippen MR) is 124 cm³/mol. The maximum Gasteiger partial charge on any atom is 0.254 e. The van der Waals surface area contributed by atoms with Crippen LogP contribution in [0.25, 0.3) is 11.3 Å². The summed E-state index contributed by atoms with van der Waals surface area (Å²) in [5.74, 6) is 1.07. The average molecular weight is 405 g/mol. The Hall–Kier alpha value is -3.08. The van der Waals surface area contributed by atoms with Crippen LogP contribution in [0.5, 0.6) is 0 Å². The molecule has 0 fully saturated rings. The van der Waals surface area contributed by atoms with E-state index in [1.165, 1.54) is 0 Å². The van der Waals surface area contributed by atoms with E-state index in [9.17, 15) is 4.79 Å². The summed E-state index contributed by atoms with van der Waals surface area (Å²) in [6.45, 7) is 6.77. The summed E-state index contributed by atoms with van der Waals surface area (Å²) in [6.07, 6.45) is 0.885. The first kappa shape index (κ1) is 21.6. The lowest BCUT2D eigenvalue weighted by Gasteiger charge is -2.30. The summed E-state index contributed by atoms with van der Waals surface area (Å²) in [5.41, 5.74) is 4.91. The number of aromatic nitrogens is 2. The number of anilines is 1. The van der Waals surface area contributed by atoms with Crippen molar-refractivity contribution in [2.45, 2.75) is 39.8 Å². The molecule has 0 unspecified atom stereocenters. The van der Waals surface area contributed by atoms with Crippen molar-refractivity contribution in [1.29, 1.82) is 0 Å². The van der Waals surface area contributed by atoms with Crippen molar-refractivity contribution < 1.29 is 4.79 Å². The van der Waals surface area contributed by atoms with Crippen LogP contribution in [-0.2, 0) is 13.6 Å². The standard InChI is InChI=1S/C25H32N4O/c1-7-19(3)29(25(30)21-15-13-18(2)14-16-21)17-22-23(20-11-9-8-10-12-20)26-28(6)24(22)27(4)5/h8-16,19H,7,17H2,1-6H3/t19-/m1/s1. The highest BCUT2D eigenvalue weighted by Crippen LogP contribution is 2.32. The van der Waals surface area contributed by atoms with Gasteiger partial charge < -0.3 is 9.80 Å². The minimum atomic E-state index is 0.0527. The first-order valence-electron chi connectivity index (χ1n) is 10.5. The Labute approximate surface area is 179 Å². The first-order valence-corrected chi connectivity index (χ1v) is 10.5. The molecule has 1 aromatic heterocycles. The number of hydrogen-bond donors (Lipinski definition) is 0. The zero-order chi connectivity index (χ0) is 21.8. The van der Waals surface area contributed by atoms with Gasteiger partial charge in [0.2, 0.25) is 0 Å². The molecule has 2 aromatic carbocycles. The Kier molecular flexibility index (Phi) is 6.60. The first-order chi connectivity index (χ1) is 14.3. The summed E-state index contributed by atoms with van der Waals surface area (Å²) in [5, 5.41) is 4.82. The average Bonchev–Trinajstić information content (AvgIpc) is 3.08. The Morgan fingerprint density at radius 3 is 2.27 bits per heavy atom. The van der Waals surface area contributed by atoms with Crippen molar-refractivity contribution in [2.75, 3.05) is 19.0 Å². The zero-order valence-electron chi connectivity index (χ0n) is 18.9. The van der Waals surface area contributed by atoms with Crippen molar-refractivity contribution in [3.8, 4) is 11.3 Å². The molecule has 0 radical (unpaired) electrons. The van der Waals surface area contributed by atoms with Crippen LogP contribution in [0.2, 0.25) is 0 Å². The molecule has 1 amide bonds. The molecule has 0 N–H and O–H groups in total. The molecule has 1 heterocycles. The monoisotopic (exact) mass is 404 g/mol. The third kappa shape index (κ3) is 4.40. The maximum atomic E-state index is 13.5. The van der Waals surface area contributed by atoms with E-state index in [0.717, 1.165) is 40.2 Å². The van der Waals surface area contributed by atoms with Crippen LogP contribution in [-0.4, -0.2) is 40.7 Å². The minimum absolute atomic E-state index is 0.0527. The Morgan fingerprint density at radius 2 is 1.70 bits per heavy atom. The minimum Gasteiger partial charge on any atom is -0.363 e. The topological polar surface area (TPSA) is 41.4 Å². The van der Waals surface area contributed by atoms with Gasteiger partial charge in [-0.2, -0.15) is 5.10 Å². The molecule has 0 aliphatic rings. The van der Waals surface area contributed by atoms with Crippen LogP contribution < -0.4 is 4.90 Å². The number of hydrogen-bond acceptors (Lipinski definition) is 3. The fourth-order valence-electron chi connectivity index (χ4n) is 3.77. The van der Waals surface area contributed by atoms with Crippen molar-refractivity contribution in [2.24, 2.45) is 7.05 Å². The second kappa shape index (κ2) is 9.16. The number of carbonyl (C=O) groups is 1. The van der Waals surface area contributed by atoms with Gasteiger partial charge in [0.05, 0.1) is 12.2 Å². The largest absolute Gasteiger partial charge is 0.363 e. The summed E-state index contributed by atoms with van der Waals surface area (Å²) in [4.78, 5) is 17.5. The second-order valence-electron chi connectivity index (χ2n) is 8.09. The second-order valence-corrected chi connectivity index (χ2v) is 8.09. The molecule has 3 rings (SSSR count). The number of benzene rings is 2. The van der Waals surface area contributed by atoms with Crippen LogP contribution >= 0.6 is 0 Å². The van der Waals surface area contributed by atoms with Gasteiger partial charge >= 0.3 is 0 Å². The van der Waals surface area contributed by atoms with Gasteiger partial charge in [0.15, 0.2) is 0 Å². The molecule has 0 spiro atoms. The van der Waals surface area contributed by atoms with Gasteiger partial charge in [-0.3, -0.25) is 9.48 Å². The van der Waals surface area contributed by atoms with E-state index in [-0.39, 0.29) is 11.9 Å². The van der Waals surface area contributed by atoms with Gasteiger partial charge in [0.25, 0.3) is 5.91 Å². The fraction of sp³-hybridized carbons (Fsp3) is 0.360. The van der Waals surface area contributed by atoms with E-state index in [4.69, 9.17) is 5.10 Å². The fourth-order valence-corrected chi connectivity index (χ4v) is 3.77. The molecule has 5 heteroatoms. The molecular formula is C25H32N4O. The highest BCUT2D eigenvalue weighted by molar-refractivity contribution is 5.94. The highest BCUT2D eigenvalue weighted by atomic mass is 16.2. The molecule has 0 aliphatic carbocycles. The quantitative estimate of drug-likeness (QED) is 0.562.